The minimum Gasteiger partial charge on any atom is -0.508 e. The van der Waals surface area contributed by atoms with Crippen LogP contribution < -0.4 is 5.32 Å². The van der Waals surface area contributed by atoms with Crippen molar-refractivity contribution in [3.63, 3.8) is 0 Å². The van der Waals surface area contributed by atoms with Crippen LogP contribution in [-0.2, 0) is 6.42 Å². The van der Waals surface area contributed by atoms with Crippen molar-refractivity contribution < 1.29 is 5.11 Å². The molecular weight excluding hydrogens is 226 g/mol. The molecule has 3 rings (SSSR count). The molecule has 1 aromatic carbocycles. The second-order valence-corrected chi connectivity index (χ2v) is 4.81. The van der Waals surface area contributed by atoms with Crippen LogP contribution in [-0.4, -0.2) is 27.5 Å². The van der Waals surface area contributed by atoms with Crippen LogP contribution in [0.1, 0.15) is 18.4 Å². The Morgan fingerprint density at radius 2 is 2.39 bits per heavy atom. The van der Waals surface area contributed by atoms with Gasteiger partial charge in [-0.05, 0) is 43.5 Å². The molecule has 1 aliphatic rings. The zero-order chi connectivity index (χ0) is 12.4. The van der Waals surface area contributed by atoms with Gasteiger partial charge in [0, 0.05) is 18.3 Å². The second-order valence-electron chi connectivity index (χ2n) is 4.81. The predicted molar refractivity (Wildman–Crippen MR) is 70.0 cm³/mol. The van der Waals surface area contributed by atoms with Crippen molar-refractivity contribution >= 4 is 0 Å². The number of phenols is 1. The van der Waals surface area contributed by atoms with Crippen LogP contribution in [0.3, 0.4) is 0 Å². The summed E-state index contributed by atoms with van der Waals surface area (Å²) in [6.45, 7) is 1.13. The smallest absolute Gasteiger partial charge is 0.117 e. The summed E-state index contributed by atoms with van der Waals surface area (Å²) in [5.41, 5.74) is 2.12. The SMILES string of the molecule is Oc1cccc(-n2cc(CC3CCCN3)cn2)c1. The predicted octanol–water partition coefficient (Wildman–Crippen LogP) is 1.87. The summed E-state index contributed by atoms with van der Waals surface area (Å²) in [4.78, 5) is 0. The van der Waals surface area contributed by atoms with Gasteiger partial charge in [-0.2, -0.15) is 5.10 Å². The molecular formula is C14H17N3O. The van der Waals surface area contributed by atoms with Crippen LogP contribution in [0.2, 0.25) is 0 Å². The summed E-state index contributed by atoms with van der Waals surface area (Å²) >= 11 is 0. The van der Waals surface area contributed by atoms with Crippen molar-refractivity contribution in [3.05, 3.63) is 42.2 Å². The number of nitrogens with zero attached hydrogens (tertiary/aromatic N) is 2. The van der Waals surface area contributed by atoms with Gasteiger partial charge in [0.15, 0.2) is 0 Å². The van der Waals surface area contributed by atoms with Crippen molar-refractivity contribution in [3.8, 4) is 11.4 Å². The topological polar surface area (TPSA) is 50.1 Å². The molecule has 0 amide bonds. The van der Waals surface area contributed by atoms with Gasteiger partial charge in [-0.3, -0.25) is 0 Å². The van der Waals surface area contributed by atoms with E-state index in [2.05, 4.69) is 10.4 Å². The number of nitrogens with one attached hydrogen (secondary N) is 1. The molecule has 1 fully saturated rings. The van der Waals surface area contributed by atoms with Crippen LogP contribution in [0.25, 0.3) is 5.69 Å². The number of hydrogen-bond acceptors (Lipinski definition) is 3. The van der Waals surface area contributed by atoms with Gasteiger partial charge in [-0.15, -0.1) is 0 Å². The van der Waals surface area contributed by atoms with E-state index < -0.39 is 0 Å². The van der Waals surface area contributed by atoms with Gasteiger partial charge in [0.1, 0.15) is 5.75 Å². The molecule has 2 aromatic rings. The lowest BCUT2D eigenvalue weighted by atomic mass is 10.1. The van der Waals surface area contributed by atoms with Crippen molar-refractivity contribution in [1.82, 2.24) is 15.1 Å². The third-order valence-corrected chi connectivity index (χ3v) is 3.37. The molecule has 0 aliphatic carbocycles. The molecule has 2 heterocycles. The zero-order valence-electron chi connectivity index (χ0n) is 10.2. The molecule has 0 spiro atoms. The minimum absolute atomic E-state index is 0.266. The van der Waals surface area contributed by atoms with Gasteiger partial charge in [-0.25, -0.2) is 4.68 Å². The first kappa shape index (κ1) is 11.3. The van der Waals surface area contributed by atoms with E-state index in [1.165, 1.54) is 18.4 Å². The van der Waals surface area contributed by atoms with E-state index in [1.54, 1.807) is 12.1 Å². The molecule has 1 aliphatic heterocycles. The van der Waals surface area contributed by atoms with Gasteiger partial charge < -0.3 is 10.4 Å². The Morgan fingerprint density at radius 1 is 1.44 bits per heavy atom. The van der Waals surface area contributed by atoms with Crippen molar-refractivity contribution in [2.24, 2.45) is 0 Å². The number of rotatable bonds is 3. The van der Waals surface area contributed by atoms with Gasteiger partial charge in [0.05, 0.1) is 11.9 Å². The average molecular weight is 243 g/mol. The average Bonchev–Trinajstić information content (AvgIpc) is 3.01. The first-order valence-corrected chi connectivity index (χ1v) is 6.37. The Bertz CT molecular complexity index is 529. The standard InChI is InChI=1S/C14H17N3O/c18-14-5-1-4-13(8-14)17-10-11(9-16-17)7-12-3-2-6-15-12/h1,4-5,8-10,12,15,18H,2-3,6-7H2. The summed E-state index contributed by atoms with van der Waals surface area (Å²) in [5, 5.41) is 17.3. The van der Waals surface area contributed by atoms with Gasteiger partial charge in [0.2, 0.25) is 0 Å². The lowest BCUT2D eigenvalue weighted by Gasteiger charge is -2.07. The highest BCUT2D eigenvalue weighted by Gasteiger charge is 2.15. The summed E-state index contributed by atoms with van der Waals surface area (Å²) in [5.74, 6) is 0.266. The molecule has 4 nitrogen and oxygen atoms in total. The van der Waals surface area contributed by atoms with E-state index in [1.807, 2.05) is 29.2 Å². The fourth-order valence-corrected chi connectivity index (χ4v) is 2.46. The molecule has 1 aromatic heterocycles. The van der Waals surface area contributed by atoms with Crippen LogP contribution in [0.15, 0.2) is 36.7 Å². The normalized spacial score (nSPS) is 19.2. The molecule has 0 bridgehead atoms. The summed E-state index contributed by atoms with van der Waals surface area (Å²) in [6.07, 6.45) is 7.49. The Kier molecular flexibility index (Phi) is 3.02. The van der Waals surface area contributed by atoms with Crippen LogP contribution in [0.4, 0.5) is 0 Å². The first-order valence-electron chi connectivity index (χ1n) is 6.37. The van der Waals surface area contributed by atoms with Gasteiger partial charge in [0.25, 0.3) is 0 Å². The number of aromatic hydroxyl groups is 1. The highest BCUT2D eigenvalue weighted by atomic mass is 16.3. The van der Waals surface area contributed by atoms with Crippen molar-refractivity contribution in [2.45, 2.75) is 25.3 Å². The molecule has 18 heavy (non-hydrogen) atoms. The maximum atomic E-state index is 9.46. The quantitative estimate of drug-likeness (QED) is 0.865. The largest absolute Gasteiger partial charge is 0.508 e. The zero-order valence-corrected chi connectivity index (χ0v) is 10.2. The van der Waals surface area contributed by atoms with E-state index in [4.69, 9.17) is 0 Å². The number of hydrogen-bond donors (Lipinski definition) is 2. The minimum atomic E-state index is 0.266. The van der Waals surface area contributed by atoms with Crippen molar-refractivity contribution in [2.75, 3.05) is 6.54 Å². The summed E-state index contributed by atoms with van der Waals surface area (Å²) < 4.78 is 1.81. The number of benzene rings is 1. The fourth-order valence-electron chi connectivity index (χ4n) is 2.46. The lowest BCUT2D eigenvalue weighted by Crippen LogP contribution is -2.23. The molecule has 1 unspecified atom stereocenters. The highest BCUT2D eigenvalue weighted by Crippen LogP contribution is 2.16. The lowest BCUT2D eigenvalue weighted by molar-refractivity contribution is 0.475. The van der Waals surface area contributed by atoms with E-state index in [9.17, 15) is 5.11 Å². The van der Waals surface area contributed by atoms with E-state index in [0.29, 0.717) is 6.04 Å². The Hall–Kier alpha value is -1.81. The van der Waals surface area contributed by atoms with Crippen molar-refractivity contribution in [1.29, 1.82) is 0 Å². The van der Waals surface area contributed by atoms with E-state index in [-0.39, 0.29) is 5.75 Å². The Labute approximate surface area is 106 Å². The fraction of sp³-hybridized carbons (Fsp3) is 0.357. The monoisotopic (exact) mass is 243 g/mol. The molecule has 94 valence electrons. The van der Waals surface area contributed by atoms with Crippen LogP contribution >= 0.6 is 0 Å². The Balaban J connectivity index is 1.76. The summed E-state index contributed by atoms with van der Waals surface area (Å²) in [7, 11) is 0. The van der Waals surface area contributed by atoms with Gasteiger partial charge in [-0.1, -0.05) is 6.07 Å². The third-order valence-electron chi connectivity index (χ3n) is 3.37. The molecule has 1 saturated heterocycles. The highest BCUT2D eigenvalue weighted by molar-refractivity contribution is 5.38. The third kappa shape index (κ3) is 2.38. The van der Waals surface area contributed by atoms with Crippen LogP contribution in [0.5, 0.6) is 5.75 Å². The Morgan fingerprint density at radius 3 is 3.17 bits per heavy atom. The van der Waals surface area contributed by atoms with E-state index >= 15 is 0 Å². The molecule has 2 N–H and O–H groups in total. The van der Waals surface area contributed by atoms with Crippen LogP contribution in [0, 0.1) is 0 Å². The summed E-state index contributed by atoms with van der Waals surface area (Å²) in [6, 6.07) is 7.72. The molecule has 0 saturated carbocycles. The maximum Gasteiger partial charge on any atom is 0.117 e. The molecule has 0 radical (unpaired) electrons. The first-order chi connectivity index (χ1) is 8.81. The maximum absolute atomic E-state index is 9.46. The van der Waals surface area contributed by atoms with Gasteiger partial charge >= 0.3 is 0 Å². The second kappa shape index (κ2) is 4.82. The molecule has 4 heteroatoms. The number of aromatic nitrogens is 2. The molecule has 1 atom stereocenters. The number of phenolic OH excluding ortho intramolecular Hbond substituents is 1. The van der Waals surface area contributed by atoms with E-state index in [0.717, 1.165) is 18.7 Å².